The van der Waals surface area contributed by atoms with Crippen molar-refractivity contribution >= 4 is 5.91 Å². The maximum absolute atomic E-state index is 12.1. The molecule has 0 bridgehead atoms. The second-order valence-corrected chi connectivity index (χ2v) is 5.17. The van der Waals surface area contributed by atoms with Gasteiger partial charge in [0.1, 0.15) is 0 Å². The maximum Gasteiger partial charge on any atom is 0.222 e. The highest BCUT2D eigenvalue weighted by Gasteiger charge is 2.24. The molecule has 2 aliphatic heterocycles. The number of nitrogens with one attached hydrogen (secondary N) is 1. The standard InChI is InChI=1S/C13H24N2O2/c1-17-12-5-3-9-15(10-12)13(16)7-6-11-4-2-8-14-11/h11-12,14H,2-10H2,1H3. The molecule has 1 amide bonds. The second kappa shape index (κ2) is 6.36. The zero-order chi connectivity index (χ0) is 12.1. The van der Waals surface area contributed by atoms with Gasteiger partial charge in [-0.1, -0.05) is 0 Å². The number of rotatable bonds is 4. The molecule has 0 spiro atoms. The summed E-state index contributed by atoms with van der Waals surface area (Å²) in [6.07, 6.45) is 6.58. The van der Waals surface area contributed by atoms with Crippen LogP contribution >= 0.6 is 0 Å². The van der Waals surface area contributed by atoms with E-state index in [-0.39, 0.29) is 6.10 Å². The summed E-state index contributed by atoms with van der Waals surface area (Å²) >= 11 is 0. The largest absolute Gasteiger partial charge is 0.380 e. The van der Waals surface area contributed by atoms with Crippen LogP contribution in [0, 0.1) is 0 Å². The summed E-state index contributed by atoms with van der Waals surface area (Å²) in [7, 11) is 1.74. The van der Waals surface area contributed by atoms with Gasteiger partial charge in [-0.15, -0.1) is 0 Å². The van der Waals surface area contributed by atoms with Gasteiger partial charge in [-0.05, 0) is 38.6 Å². The van der Waals surface area contributed by atoms with E-state index in [0.29, 0.717) is 18.4 Å². The van der Waals surface area contributed by atoms with Gasteiger partial charge >= 0.3 is 0 Å². The molecule has 2 unspecified atom stereocenters. The van der Waals surface area contributed by atoms with Crippen molar-refractivity contribution in [2.24, 2.45) is 0 Å². The minimum Gasteiger partial charge on any atom is -0.380 e. The summed E-state index contributed by atoms with van der Waals surface area (Å²) in [6, 6.07) is 0.571. The van der Waals surface area contributed by atoms with Crippen molar-refractivity contribution < 1.29 is 9.53 Å². The molecule has 2 saturated heterocycles. The maximum atomic E-state index is 12.1. The topological polar surface area (TPSA) is 41.6 Å². The molecule has 0 saturated carbocycles. The summed E-state index contributed by atoms with van der Waals surface area (Å²) in [5.74, 6) is 0.306. The van der Waals surface area contributed by atoms with Gasteiger partial charge in [0.15, 0.2) is 0 Å². The molecule has 0 aliphatic carbocycles. The third-order valence-corrected chi connectivity index (χ3v) is 3.93. The first-order valence-corrected chi connectivity index (χ1v) is 6.83. The summed E-state index contributed by atoms with van der Waals surface area (Å²) in [6.45, 7) is 2.82. The van der Waals surface area contributed by atoms with Crippen LogP contribution in [0.2, 0.25) is 0 Å². The molecule has 2 fully saturated rings. The molecule has 17 heavy (non-hydrogen) atoms. The van der Waals surface area contributed by atoms with Crippen LogP contribution in [-0.2, 0) is 9.53 Å². The highest BCUT2D eigenvalue weighted by atomic mass is 16.5. The van der Waals surface area contributed by atoms with Gasteiger partial charge in [0.2, 0.25) is 5.91 Å². The van der Waals surface area contributed by atoms with Crippen LogP contribution < -0.4 is 5.32 Å². The molecule has 2 aliphatic rings. The molecule has 0 radical (unpaired) electrons. The van der Waals surface area contributed by atoms with Gasteiger partial charge in [0.05, 0.1) is 6.10 Å². The minimum atomic E-state index is 0.248. The number of hydrogen-bond acceptors (Lipinski definition) is 3. The molecule has 2 atom stereocenters. The van der Waals surface area contributed by atoms with Crippen molar-refractivity contribution in [2.45, 2.75) is 50.7 Å². The number of likely N-dealkylation sites (tertiary alicyclic amines) is 1. The molecular formula is C13H24N2O2. The molecule has 4 nitrogen and oxygen atoms in total. The van der Waals surface area contributed by atoms with Crippen LogP contribution in [0.4, 0.5) is 0 Å². The van der Waals surface area contributed by atoms with Gasteiger partial charge in [-0.2, -0.15) is 0 Å². The fourth-order valence-electron chi connectivity index (χ4n) is 2.82. The lowest BCUT2D eigenvalue weighted by atomic mass is 10.1. The fraction of sp³-hybridized carbons (Fsp3) is 0.923. The van der Waals surface area contributed by atoms with Crippen LogP contribution in [0.15, 0.2) is 0 Å². The Bertz CT molecular complexity index is 252. The van der Waals surface area contributed by atoms with E-state index < -0.39 is 0 Å². The van der Waals surface area contributed by atoms with Crippen LogP contribution in [0.5, 0.6) is 0 Å². The number of hydrogen-bond donors (Lipinski definition) is 1. The predicted molar refractivity (Wildman–Crippen MR) is 66.9 cm³/mol. The second-order valence-electron chi connectivity index (χ2n) is 5.17. The molecule has 1 N–H and O–H groups in total. The number of piperidine rings is 1. The first kappa shape index (κ1) is 12.8. The van der Waals surface area contributed by atoms with E-state index in [9.17, 15) is 4.79 Å². The fourth-order valence-corrected chi connectivity index (χ4v) is 2.82. The molecule has 0 aromatic carbocycles. The lowest BCUT2D eigenvalue weighted by Crippen LogP contribution is -2.43. The summed E-state index contributed by atoms with van der Waals surface area (Å²) < 4.78 is 5.34. The average molecular weight is 240 g/mol. The Hall–Kier alpha value is -0.610. The average Bonchev–Trinajstić information content (AvgIpc) is 2.89. The Morgan fingerprint density at radius 3 is 3.00 bits per heavy atom. The zero-order valence-corrected chi connectivity index (χ0v) is 10.8. The molecule has 4 heteroatoms. The monoisotopic (exact) mass is 240 g/mol. The third-order valence-electron chi connectivity index (χ3n) is 3.93. The van der Waals surface area contributed by atoms with Crippen molar-refractivity contribution in [3.05, 3.63) is 0 Å². The number of ether oxygens (including phenoxy) is 1. The van der Waals surface area contributed by atoms with Crippen LogP contribution in [-0.4, -0.2) is 49.7 Å². The van der Waals surface area contributed by atoms with Crippen LogP contribution in [0.3, 0.4) is 0 Å². The van der Waals surface area contributed by atoms with Gasteiger partial charge in [0.25, 0.3) is 0 Å². The van der Waals surface area contributed by atoms with Gasteiger partial charge < -0.3 is 15.0 Å². The van der Waals surface area contributed by atoms with E-state index in [4.69, 9.17) is 4.74 Å². The predicted octanol–water partition coefficient (Wildman–Crippen LogP) is 1.16. The number of carbonyl (C=O) groups is 1. The Morgan fingerprint density at radius 2 is 2.29 bits per heavy atom. The van der Waals surface area contributed by atoms with Crippen molar-refractivity contribution in [3.63, 3.8) is 0 Å². The van der Waals surface area contributed by atoms with E-state index >= 15 is 0 Å². The molecule has 0 aromatic rings. The number of nitrogens with zero attached hydrogens (tertiary/aromatic N) is 1. The molecule has 98 valence electrons. The Labute approximate surface area is 104 Å². The summed E-state index contributed by atoms with van der Waals surface area (Å²) in [4.78, 5) is 14.0. The Kier molecular flexibility index (Phi) is 4.80. The normalized spacial score (nSPS) is 29.6. The smallest absolute Gasteiger partial charge is 0.222 e. The molecule has 2 rings (SSSR count). The highest BCUT2D eigenvalue weighted by Crippen LogP contribution is 2.16. The lowest BCUT2D eigenvalue weighted by molar-refractivity contribution is -0.134. The van der Waals surface area contributed by atoms with Crippen molar-refractivity contribution in [3.8, 4) is 0 Å². The van der Waals surface area contributed by atoms with Crippen LogP contribution in [0.1, 0.15) is 38.5 Å². The third kappa shape index (κ3) is 3.68. The molecule has 0 aromatic heterocycles. The summed E-state index contributed by atoms with van der Waals surface area (Å²) in [5, 5.41) is 3.44. The SMILES string of the molecule is COC1CCCN(C(=O)CCC2CCCN2)C1. The van der Waals surface area contributed by atoms with E-state index in [0.717, 1.165) is 38.9 Å². The number of methoxy groups -OCH3 is 1. The molecule has 2 heterocycles. The van der Waals surface area contributed by atoms with Gasteiger partial charge in [-0.25, -0.2) is 0 Å². The first-order chi connectivity index (χ1) is 8.29. The van der Waals surface area contributed by atoms with Crippen molar-refractivity contribution in [1.29, 1.82) is 0 Å². The Balaban J connectivity index is 1.71. The number of carbonyl (C=O) groups excluding carboxylic acids is 1. The lowest BCUT2D eigenvalue weighted by Gasteiger charge is -2.32. The van der Waals surface area contributed by atoms with E-state index in [1.54, 1.807) is 7.11 Å². The van der Waals surface area contributed by atoms with Crippen molar-refractivity contribution in [1.82, 2.24) is 10.2 Å². The van der Waals surface area contributed by atoms with E-state index in [1.165, 1.54) is 12.8 Å². The number of amides is 1. The van der Waals surface area contributed by atoms with Gasteiger partial charge in [0, 0.05) is 32.7 Å². The molecular weight excluding hydrogens is 216 g/mol. The first-order valence-electron chi connectivity index (χ1n) is 6.83. The minimum absolute atomic E-state index is 0.248. The highest BCUT2D eigenvalue weighted by molar-refractivity contribution is 5.76. The Morgan fingerprint density at radius 1 is 1.41 bits per heavy atom. The van der Waals surface area contributed by atoms with Crippen molar-refractivity contribution in [2.75, 3.05) is 26.7 Å². The van der Waals surface area contributed by atoms with E-state index in [1.807, 2.05) is 4.90 Å². The van der Waals surface area contributed by atoms with Gasteiger partial charge in [-0.3, -0.25) is 4.79 Å². The quantitative estimate of drug-likeness (QED) is 0.801. The van der Waals surface area contributed by atoms with Crippen LogP contribution in [0.25, 0.3) is 0 Å². The summed E-state index contributed by atoms with van der Waals surface area (Å²) in [5.41, 5.74) is 0. The zero-order valence-electron chi connectivity index (χ0n) is 10.8. The van der Waals surface area contributed by atoms with E-state index in [2.05, 4.69) is 5.32 Å².